The summed E-state index contributed by atoms with van der Waals surface area (Å²) in [6, 6.07) is 12.2. The van der Waals surface area contributed by atoms with E-state index in [9.17, 15) is 5.11 Å². The van der Waals surface area contributed by atoms with E-state index in [1.807, 2.05) is 12.1 Å². The van der Waals surface area contributed by atoms with E-state index in [1.54, 1.807) is 12.4 Å². The van der Waals surface area contributed by atoms with E-state index in [-0.39, 0.29) is 5.75 Å². The smallest absolute Gasteiger partial charge is 0.166 e. The molecule has 0 saturated heterocycles. The van der Waals surface area contributed by atoms with E-state index in [0.717, 1.165) is 48.3 Å². The first-order valence-electron chi connectivity index (χ1n) is 9.83. The Bertz CT molecular complexity index is 1050. The zero-order chi connectivity index (χ0) is 19.1. The largest absolute Gasteiger partial charge is 0.504 e. The van der Waals surface area contributed by atoms with Crippen LogP contribution in [0.5, 0.6) is 11.5 Å². The summed E-state index contributed by atoms with van der Waals surface area (Å²) < 4.78 is 5.94. The van der Waals surface area contributed by atoms with Crippen LogP contribution in [0.3, 0.4) is 0 Å². The number of ether oxygens (including phenoxy) is 1. The summed E-state index contributed by atoms with van der Waals surface area (Å²) in [7, 11) is 0. The van der Waals surface area contributed by atoms with E-state index in [0.29, 0.717) is 18.9 Å². The van der Waals surface area contributed by atoms with Crippen molar-refractivity contribution in [3.05, 3.63) is 65.1 Å². The molecule has 2 heterocycles. The first-order valence-corrected chi connectivity index (χ1v) is 9.83. The molecule has 142 valence electrons. The summed E-state index contributed by atoms with van der Waals surface area (Å²) in [4.78, 5) is 11.3. The molecule has 1 aliphatic heterocycles. The van der Waals surface area contributed by atoms with Gasteiger partial charge in [-0.2, -0.15) is 0 Å². The highest BCUT2D eigenvalue weighted by molar-refractivity contribution is 5.72. The van der Waals surface area contributed by atoms with Gasteiger partial charge >= 0.3 is 0 Å². The highest BCUT2D eigenvalue weighted by Crippen LogP contribution is 2.39. The second kappa shape index (κ2) is 6.82. The molecule has 1 N–H and O–H groups in total. The molecule has 0 saturated carbocycles. The van der Waals surface area contributed by atoms with Gasteiger partial charge in [-0.1, -0.05) is 24.3 Å². The van der Waals surface area contributed by atoms with Gasteiger partial charge in [0, 0.05) is 23.4 Å². The van der Waals surface area contributed by atoms with Gasteiger partial charge in [-0.3, -0.25) is 0 Å². The molecule has 0 spiro atoms. The van der Waals surface area contributed by atoms with E-state index in [4.69, 9.17) is 4.74 Å². The summed E-state index contributed by atoms with van der Waals surface area (Å²) in [5.74, 6) is 1.80. The lowest BCUT2D eigenvalue weighted by Gasteiger charge is -2.23. The first kappa shape index (κ1) is 17.0. The molecule has 0 amide bonds. The molecule has 2 aliphatic rings. The maximum absolute atomic E-state index is 10.7. The van der Waals surface area contributed by atoms with Crippen LogP contribution in [0, 0.1) is 6.92 Å². The molecule has 3 aromatic rings. The number of phenolic OH excluding ortho intramolecular Hbond substituents is 1. The summed E-state index contributed by atoms with van der Waals surface area (Å²) in [6.07, 6.45) is 4.88. The number of anilines is 1. The third kappa shape index (κ3) is 2.87. The Hall–Kier alpha value is -3.08. The fourth-order valence-corrected chi connectivity index (χ4v) is 4.35. The zero-order valence-electron chi connectivity index (χ0n) is 16.0. The molecule has 2 aromatic carbocycles. The summed E-state index contributed by atoms with van der Waals surface area (Å²) in [6.45, 7) is 4.00. The number of aromatic nitrogens is 2. The highest BCUT2D eigenvalue weighted by atomic mass is 16.5. The molecule has 1 aliphatic carbocycles. The molecule has 28 heavy (non-hydrogen) atoms. The Morgan fingerprint density at radius 2 is 2.00 bits per heavy atom. The van der Waals surface area contributed by atoms with Crippen molar-refractivity contribution in [2.24, 2.45) is 0 Å². The summed E-state index contributed by atoms with van der Waals surface area (Å²) >= 11 is 0. The number of aromatic hydroxyl groups is 1. The number of hydrogen-bond donors (Lipinski definition) is 1. The minimum Gasteiger partial charge on any atom is -0.504 e. The van der Waals surface area contributed by atoms with Crippen molar-refractivity contribution < 1.29 is 9.84 Å². The van der Waals surface area contributed by atoms with Gasteiger partial charge in [-0.15, -0.1) is 0 Å². The third-order valence-corrected chi connectivity index (χ3v) is 5.72. The minimum absolute atomic E-state index is 0.200. The molecular weight excluding hydrogens is 350 g/mol. The van der Waals surface area contributed by atoms with Crippen LogP contribution in [0.2, 0.25) is 0 Å². The fraction of sp³-hybridized carbons (Fsp3) is 0.304. The van der Waals surface area contributed by atoms with Crippen molar-refractivity contribution in [2.45, 2.75) is 32.7 Å². The number of phenols is 1. The van der Waals surface area contributed by atoms with Gasteiger partial charge in [0.2, 0.25) is 0 Å². The Morgan fingerprint density at radius 1 is 1.11 bits per heavy atom. The second-order valence-corrected chi connectivity index (χ2v) is 7.54. The molecule has 1 aromatic heterocycles. The summed E-state index contributed by atoms with van der Waals surface area (Å²) in [5.41, 5.74) is 6.74. The van der Waals surface area contributed by atoms with Gasteiger partial charge in [0.15, 0.2) is 11.5 Å². The van der Waals surface area contributed by atoms with Gasteiger partial charge in [-0.05, 0) is 55.0 Å². The van der Waals surface area contributed by atoms with Gasteiger partial charge in [-0.25, -0.2) is 9.97 Å². The number of fused-ring (bicyclic) bond motifs is 2. The van der Waals surface area contributed by atoms with Crippen molar-refractivity contribution in [3.8, 4) is 22.6 Å². The molecular formula is C23H23N3O2. The standard InChI is InChI=1S/C23H23N3O2/c1-15-5-2-3-6-18(15)16-11-17-13-26(9-10-28-22(17)21(27)12-16)23-19-7-4-8-20(19)24-14-25-23/h2-3,5-6,11-12,14,27H,4,7-10,13H2,1H3. The molecule has 5 nitrogen and oxygen atoms in total. The van der Waals surface area contributed by atoms with Crippen molar-refractivity contribution >= 4 is 5.82 Å². The SMILES string of the molecule is Cc1ccccc1-c1cc(O)c2c(c1)CN(c1ncnc3c1CCC3)CCO2. The average molecular weight is 373 g/mol. The molecule has 0 atom stereocenters. The Labute approximate surface area is 164 Å². The Morgan fingerprint density at radius 3 is 2.89 bits per heavy atom. The minimum atomic E-state index is 0.200. The van der Waals surface area contributed by atoms with E-state index < -0.39 is 0 Å². The van der Waals surface area contributed by atoms with Crippen LogP contribution in [0.4, 0.5) is 5.82 Å². The van der Waals surface area contributed by atoms with Gasteiger partial charge in [0.25, 0.3) is 0 Å². The predicted molar refractivity (Wildman–Crippen MR) is 109 cm³/mol. The van der Waals surface area contributed by atoms with Gasteiger partial charge in [0.1, 0.15) is 18.8 Å². The molecule has 5 rings (SSSR count). The highest BCUT2D eigenvalue weighted by Gasteiger charge is 2.25. The lowest BCUT2D eigenvalue weighted by molar-refractivity contribution is 0.311. The topological polar surface area (TPSA) is 58.5 Å². The van der Waals surface area contributed by atoms with Crippen LogP contribution in [0.1, 0.15) is 28.8 Å². The molecule has 0 radical (unpaired) electrons. The third-order valence-electron chi connectivity index (χ3n) is 5.72. The van der Waals surface area contributed by atoms with Crippen LogP contribution in [0.15, 0.2) is 42.7 Å². The zero-order valence-corrected chi connectivity index (χ0v) is 16.0. The monoisotopic (exact) mass is 373 g/mol. The first-order chi connectivity index (χ1) is 13.7. The van der Waals surface area contributed by atoms with Gasteiger partial charge < -0.3 is 14.7 Å². The number of aryl methyl sites for hydroxylation is 2. The van der Waals surface area contributed by atoms with Crippen LogP contribution >= 0.6 is 0 Å². The van der Waals surface area contributed by atoms with E-state index in [2.05, 4.69) is 40.0 Å². The van der Waals surface area contributed by atoms with E-state index >= 15 is 0 Å². The quantitative estimate of drug-likeness (QED) is 0.734. The lowest BCUT2D eigenvalue weighted by Crippen LogP contribution is -2.27. The van der Waals surface area contributed by atoms with Crippen LogP contribution in [-0.4, -0.2) is 28.2 Å². The average Bonchev–Trinajstić information content (AvgIpc) is 3.07. The Kier molecular flexibility index (Phi) is 4.15. The van der Waals surface area contributed by atoms with Crippen molar-refractivity contribution in [2.75, 3.05) is 18.1 Å². The van der Waals surface area contributed by atoms with E-state index in [1.165, 1.54) is 16.8 Å². The van der Waals surface area contributed by atoms with Crippen molar-refractivity contribution in [3.63, 3.8) is 0 Å². The number of benzene rings is 2. The molecule has 0 fully saturated rings. The lowest BCUT2D eigenvalue weighted by atomic mass is 9.97. The van der Waals surface area contributed by atoms with Gasteiger partial charge in [0.05, 0.1) is 6.54 Å². The maximum atomic E-state index is 10.7. The number of nitrogens with zero attached hydrogens (tertiary/aromatic N) is 3. The fourth-order valence-electron chi connectivity index (χ4n) is 4.35. The normalized spacial score (nSPS) is 15.5. The van der Waals surface area contributed by atoms with Crippen LogP contribution in [0.25, 0.3) is 11.1 Å². The number of rotatable bonds is 2. The summed E-state index contributed by atoms with van der Waals surface area (Å²) in [5, 5.41) is 10.7. The van der Waals surface area contributed by atoms with Crippen molar-refractivity contribution in [1.82, 2.24) is 9.97 Å². The molecule has 5 heteroatoms. The molecule has 0 bridgehead atoms. The molecule has 0 unspecified atom stereocenters. The second-order valence-electron chi connectivity index (χ2n) is 7.54. The number of hydrogen-bond acceptors (Lipinski definition) is 5. The van der Waals surface area contributed by atoms with Crippen molar-refractivity contribution in [1.29, 1.82) is 0 Å². The van der Waals surface area contributed by atoms with Crippen LogP contribution < -0.4 is 9.64 Å². The van der Waals surface area contributed by atoms with Crippen LogP contribution in [-0.2, 0) is 19.4 Å². The maximum Gasteiger partial charge on any atom is 0.166 e. The predicted octanol–water partition coefficient (Wildman–Crippen LogP) is 4.05. The Balaban J connectivity index is 1.56.